The van der Waals surface area contributed by atoms with E-state index in [-0.39, 0.29) is 0 Å². The predicted molar refractivity (Wildman–Crippen MR) is 141 cm³/mol. The lowest BCUT2D eigenvalue weighted by molar-refractivity contribution is -0.132. The molecule has 180 valence electrons. The van der Waals surface area contributed by atoms with E-state index in [1.807, 2.05) is 92.0 Å². The fourth-order valence-electron chi connectivity index (χ4n) is 3.97. The van der Waals surface area contributed by atoms with Crippen molar-refractivity contribution in [1.29, 1.82) is 0 Å². The van der Waals surface area contributed by atoms with Crippen molar-refractivity contribution in [2.75, 3.05) is 0 Å². The van der Waals surface area contributed by atoms with E-state index in [0.29, 0.717) is 29.7 Å². The Balaban J connectivity index is 1.50. The van der Waals surface area contributed by atoms with Crippen LogP contribution < -0.4 is 9.47 Å². The summed E-state index contributed by atoms with van der Waals surface area (Å²) in [5, 5.41) is 6.24. The minimum absolute atomic E-state index is 0.320. The lowest BCUT2D eigenvalue weighted by atomic mass is 10.0. The van der Waals surface area contributed by atoms with E-state index in [0.717, 1.165) is 39.0 Å². The molecule has 0 saturated heterocycles. The van der Waals surface area contributed by atoms with Crippen molar-refractivity contribution in [3.8, 4) is 28.4 Å². The third kappa shape index (κ3) is 5.09. The Kier molecular flexibility index (Phi) is 6.69. The van der Waals surface area contributed by atoms with Crippen LogP contribution in [0.3, 0.4) is 0 Å². The first-order chi connectivity index (χ1) is 17.5. The normalized spacial score (nSPS) is 11.0. The van der Waals surface area contributed by atoms with Crippen LogP contribution in [-0.4, -0.2) is 20.7 Å². The van der Waals surface area contributed by atoms with E-state index < -0.39 is 5.97 Å². The molecule has 0 fully saturated rings. The number of esters is 1. The van der Waals surface area contributed by atoms with Crippen molar-refractivity contribution in [3.63, 3.8) is 0 Å². The molecule has 0 saturated carbocycles. The van der Waals surface area contributed by atoms with Gasteiger partial charge in [-0.15, -0.1) is 5.10 Å². The van der Waals surface area contributed by atoms with Crippen LogP contribution in [-0.2, 0) is 17.8 Å². The fourth-order valence-corrected chi connectivity index (χ4v) is 4.10. The van der Waals surface area contributed by atoms with Crippen molar-refractivity contribution >= 4 is 28.5 Å². The molecule has 5 aromatic rings. The van der Waals surface area contributed by atoms with Crippen LogP contribution in [0.5, 0.6) is 11.6 Å². The molecule has 0 unspecified atom stereocenters. The smallest absolute Gasteiger partial charge is 0.309 e. The van der Waals surface area contributed by atoms with Crippen LogP contribution in [0.4, 0.5) is 0 Å². The molecule has 0 aliphatic rings. The van der Waals surface area contributed by atoms with Gasteiger partial charge in [-0.2, -0.15) is 0 Å². The van der Waals surface area contributed by atoms with Crippen LogP contribution in [0.2, 0.25) is 5.02 Å². The van der Waals surface area contributed by atoms with Crippen molar-refractivity contribution in [1.82, 2.24) is 14.8 Å². The Morgan fingerprint density at radius 2 is 1.81 bits per heavy atom. The van der Waals surface area contributed by atoms with E-state index in [4.69, 9.17) is 26.1 Å². The predicted octanol–water partition coefficient (Wildman–Crippen LogP) is 6.81. The maximum Gasteiger partial charge on any atom is 0.309 e. The van der Waals surface area contributed by atoms with E-state index in [1.54, 1.807) is 4.68 Å². The number of aromatic nitrogens is 3. The zero-order chi connectivity index (χ0) is 25.1. The van der Waals surface area contributed by atoms with E-state index in [1.165, 1.54) is 6.92 Å². The number of halogens is 1. The maximum absolute atomic E-state index is 11.5. The molecule has 0 aliphatic carbocycles. The molecular weight excluding hydrogens is 474 g/mol. The van der Waals surface area contributed by atoms with Crippen LogP contribution in [0.1, 0.15) is 25.1 Å². The van der Waals surface area contributed by atoms with Gasteiger partial charge in [0.05, 0.1) is 16.9 Å². The van der Waals surface area contributed by atoms with Gasteiger partial charge in [0.2, 0.25) is 5.88 Å². The average Bonchev–Trinajstić information content (AvgIpc) is 3.30. The molecule has 5 rings (SSSR count). The van der Waals surface area contributed by atoms with Crippen molar-refractivity contribution in [2.45, 2.75) is 26.9 Å². The summed E-state index contributed by atoms with van der Waals surface area (Å²) in [5.41, 5.74) is 5.26. The Hall–Kier alpha value is -4.16. The maximum atomic E-state index is 11.5. The van der Waals surface area contributed by atoms with Gasteiger partial charge < -0.3 is 9.47 Å². The van der Waals surface area contributed by atoms with Crippen molar-refractivity contribution in [3.05, 3.63) is 101 Å². The zero-order valence-corrected chi connectivity index (χ0v) is 20.7. The van der Waals surface area contributed by atoms with E-state index in [2.05, 4.69) is 5.10 Å². The summed E-state index contributed by atoms with van der Waals surface area (Å²) in [4.78, 5) is 16.2. The van der Waals surface area contributed by atoms with Gasteiger partial charge in [0.1, 0.15) is 12.4 Å². The van der Waals surface area contributed by atoms with Gasteiger partial charge >= 0.3 is 5.97 Å². The van der Waals surface area contributed by atoms with Crippen LogP contribution in [0, 0.1) is 0 Å². The highest BCUT2D eigenvalue weighted by Gasteiger charge is 2.15. The minimum atomic E-state index is -0.400. The Morgan fingerprint density at radius 1 is 1.00 bits per heavy atom. The number of hydrogen-bond donors (Lipinski definition) is 0. The number of fused-ring (bicyclic) bond motifs is 1. The first-order valence-electron chi connectivity index (χ1n) is 11.6. The Bertz CT molecular complexity index is 1540. The number of para-hydroxylation sites is 1. The van der Waals surface area contributed by atoms with Crippen LogP contribution in [0.25, 0.3) is 27.7 Å². The van der Waals surface area contributed by atoms with Crippen molar-refractivity contribution < 1.29 is 14.3 Å². The number of rotatable bonds is 7. The summed E-state index contributed by atoms with van der Waals surface area (Å²) in [6, 6.07) is 25.5. The number of hydrogen-bond acceptors (Lipinski definition) is 5. The number of ether oxygens (including phenoxy) is 2. The van der Waals surface area contributed by atoms with Gasteiger partial charge in [-0.25, -0.2) is 9.67 Å². The SMILES string of the molecule is CCc1cn(-c2ccc(OCc3ccc4ccccc4n3)c(-c3ccc(Cl)cc3)c2)nc1OC(C)=O. The van der Waals surface area contributed by atoms with Gasteiger partial charge in [0.15, 0.2) is 0 Å². The molecule has 0 N–H and O–H groups in total. The van der Waals surface area contributed by atoms with Crippen LogP contribution >= 0.6 is 11.6 Å². The summed E-state index contributed by atoms with van der Waals surface area (Å²) >= 11 is 6.14. The standard InChI is InChI=1S/C29H24ClN3O3/c1-3-20-17-33(32-29(20)36-19(2)34)25-14-15-28(26(16-25)21-8-11-23(30)12-9-21)35-18-24-13-10-22-6-4-5-7-27(22)31-24/h4-17H,3,18H2,1-2H3. The Labute approximate surface area is 214 Å². The molecule has 0 spiro atoms. The minimum Gasteiger partial charge on any atom is -0.487 e. The molecule has 3 aromatic carbocycles. The van der Waals surface area contributed by atoms with E-state index >= 15 is 0 Å². The quantitative estimate of drug-likeness (QED) is 0.231. The molecule has 2 heterocycles. The average molecular weight is 498 g/mol. The number of pyridine rings is 1. The lowest BCUT2D eigenvalue weighted by Gasteiger charge is -2.14. The molecule has 2 aromatic heterocycles. The van der Waals surface area contributed by atoms with Gasteiger partial charge in [0.25, 0.3) is 0 Å². The molecular formula is C29H24ClN3O3. The highest BCUT2D eigenvalue weighted by atomic mass is 35.5. The molecule has 0 radical (unpaired) electrons. The van der Waals surface area contributed by atoms with Crippen LogP contribution in [0.15, 0.2) is 85.1 Å². The number of aryl methyl sites for hydroxylation is 1. The zero-order valence-electron chi connectivity index (χ0n) is 19.9. The number of carbonyl (C=O) groups excluding carboxylic acids is 1. The molecule has 36 heavy (non-hydrogen) atoms. The molecule has 0 amide bonds. The number of nitrogens with zero attached hydrogens (tertiary/aromatic N) is 3. The Morgan fingerprint density at radius 3 is 2.58 bits per heavy atom. The fraction of sp³-hybridized carbons (Fsp3) is 0.138. The molecule has 0 aliphatic heterocycles. The molecule has 6 nitrogen and oxygen atoms in total. The summed E-state index contributed by atoms with van der Waals surface area (Å²) in [7, 11) is 0. The highest BCUT2D eigenvalue weighted by Crippen LogP contribution is 2.34. The number of benzene rings is 3. The summed E-state index contributed by atoms with van der Waals surface area (Å²) < 4.78 is 13.3. The summed E-state index contributed by atoms with van der Waals surface area (Å²) in [6.07, 6.45) is 2.56. The van der Waals surface area contributed by atoms with Gasteiger partial charge in [-0.1, -0.05) is 54.9 Å². The molecule has 0 atom stereocenters. The first kappa shape index (κ1) is 23.6. The molecule has 0 bridgehead atoms. The summed E-state index contributed by atoms with van der Waals surface area (Å²) in [5.74, 6) is 0.628. The van der Waals surface area contributed by atoms with Gasteiger partial charge in [-0.05, 0) is 54.4 Å². The lowest BCUT2D eigenvalue weighted by Crippen LogP contribution is -2.04. The summed E-state index contributed by atoms with van der Waals surface area (Å²) in [6.45, 7) is 3.68. The van der Waals surface area contributed by atoms with E-state index in [9.17, 15) is 4.79 Å². The van der Waals surface area contributed by atoms with Gasteiger partial charge in [0, 0.05) is 34.7 Å². The third-order valence-corrected chi connectivity index (χ3v) is 6.04. The second-order valence-electron chi connectivity index (χ2n) is 8.32. The topological polar surface area (TPSA) is 66.2 Å². The monoisotopic (exact) mass is 497 g/mol. The highest BCUT2D eigenvalue weighted by molar-refractivity contribution is 6.30. The third-order valence-electron chi connectivity index (χ3n) is 5.79. The second kappa shape index (κ2) is 10.2. The second-order valence-corrected chi connectivity index (χ2v) is 8.76. The van der Waals surface area contributed by atoms with Crippen molar-refractivity contribution in [2.24, 2.45) is 0 Å². The molecule has 7 heteroatoms. The first-order valence-corrected chi connectivity index (χ1v) is 12.0. The van der Waals surface area contributed by atoms with Gasteiger partial charge in [-0.3, -0.25) is 4.79 Å². The largest absolute Gasteiger partial charge is 0.487 e. The number of carbonyl (C=O) groups is 1.